The van der Waals surface area contributed by atoms with E-state index >= 15 is 0 Å². The SMILES string of the molecule is COC(=O)CCS(=O)(=O)Nc1nc(CCCC(=O)O)cs1. The number of aromatic nitrogens is 1. The van der Waals surface area contributed by atoms with E-state index in [9.17, 15) is 18.0 Å². The summed E-state index contributed by atoms with van der Waals surface area (Å²) in [5, 5.41) is 10.4. The van der Waals surface area contributed by atoms with Gasteiger partial charge in [0.05, 0.1) is 25.0 Å². The number of esters is 1. The van der Waals surface area contributed by atoms with Gasteiger partial charge in [0.15, 0.2) is 5.13 Å². The Bertz CT molecular complexity index is 596. The molecule has 0 aromatic carbocycles. The number of methoxy groups -OCH3 is 1. The Kier molecular flexibility index (Phi) is 6.56. The topological polar surface area (TPSA) is 123 Å². The first-order valence-electron chi connectivity index (χ1n) is 6.06. The zero-order chi connectivity index (χ0) is 15.9. The molecule has 8 nitrogen and oxygen atoms in total. The minimum absolute atomic E-state index is 0.0394. The number of nitrogens with one attached hydrogen (secondary N) is 1. The molecule has 0 atom stereocenters. The van der Waals surface area contributed by atoms with Gasteiger partial charge in [0, 0.05) is 11.8 Å². The molecule has 1 aromatic rings. The van der Waals surface area contributed by atoms with E-state index in [0.29, 0.717) is 18.5 Å². The van der Waals surface area contributed by atoms with Gasteiger partial charge in [-0.1, -0.05) is 0 Å². The highest BCUT2D eigenvalue weighted by Gasteiger charge is 2.15. The molecule has 0 aliphatic carbocycles. The van der Waals surface area contributed by atoms with E-state index in [1.807, 2.05) is 0 Å². The summed E-state index contributed by atoms with van der Waals surface area (Å²) in [5.74, 6) is -1.86. The van der Waals surface area contributed by atoms with E-state index < -0.39 is 22.0 Å². The molecule has 0 spiro atoms. The molecule has 0 aliphatic heterocycles. The lowest BCUT2D eigenvalue weighted by atomic mass is 10.2. The largest absolute Gasteiger partial charge is 0.481 e. The lowest BCUT2D eigenvalue weighted by molar-refractivity contribution is -0.140. The highest BCUT2D eigenvalue weighted by atomic mass is 32.2. The molecule has 0 saturated heterocycles. The van der Waals surface area contributed by atoms with Crippen LogP contribution in [0.15, 0.2) is 5.38 Å². The first-order valence-corrected chi connectivity index (χ1v) is 8.59. The molecular weight excluding hydrogens is 320 g/mol. The number of sulfonamides is 1. The number of carboxylic acid groups (broad SMARTS) is 1. The Morgan fingerprint density at radius 3 is 2.76 bits per heavy atom. The van der Waals surface area contributed by atoms with Crippen molar-refractivity contribution in [1.82, 2.24) is 4.98 Å². The highest BCUT2D eigenvalue weighted by molar-refractivity contribution is 7.92. The van der Waals surface area contributed by atoms with Crippen LogP contribution in [0.1, 0.15) is 25.0 Å². The van der Waals surface area contributed by atoms with Gasteiger partial charge in [-0.3, -0.25) is 14.3 Å². The number of thiazole rings is 1. The molecule has 0 radical (unpaired) electrons. The molecule has 21 heavy (non-hydrogen) atoms. The minimum atomic E-state index is -3.66. The van der Waals surface area contributed by atoms with Crippen molar-refractivity contribution in [2.45, 2.75) is 25.7 Å². The van der Waals surface area contributed by atoms with Crippen LogP contribution in [-0.2, 0) is 30.8 Å². The van der Waals surface area contributed by atoms with E-state index in [0.717, 1.165) is 11.3 Å². The van der Waals surface area contributed by atoms with Gasteiger partial charge in [0.2, 0.25) is 10.0 Å². The summed E-state index contributed by atoms with van der Waals surface area (Å²) in [6.45, 7) is 0. The van der Waals surface area contributed by atoms with Gasteiger partial charge in [0.25, 0.3) is 0 Å². The molecule has 0 aliphatic rings. The van der Waals surface area contributed by atoms with Crippen molar-refractivity contribution in [2.24, 2.45) is 0 Å². The normalized spacial score (nSPS) is 11.1. The molecule has 2 N–H and O–H groups in total. The number of aliphatic carboxylic acids is 1. The van der Waals surface area contributed by atoms with Crippen LogP contribution in [-0.4, -0.2) is 43.3 Å². The van der Waals surface area contributed by atoms with Crippen molar-refractivity contribution in [3.8, 4) is 0 Å². The van der Waals surface area contributed by atoms with Crippen molar-refractivity contribution < 1.29 is 27.9 Å². The van der Waals surface area contributed by atoms with E-state index in [4.69, 9.17) is 5.11 Å². The Balaban J connectivity index is 2.49. The van der Waals surface area contributed by atoms with Crippen LogP contribution in [0.2, 0.25) is 0 Å². The van der Waals surface area contributed by atoms with Crippen molar-refractivity contribution in [1.29, 1.82) is 0 Å². The first-order chi connectivity index (χ1) is 9.82. The van der Waals surface area contributed by atoms with Crippen LogP contribution < -0.4 is 4.72 Å². The fourth-order valence-corrected chi connectivity index (χ4v) is 3.40. The summed E-state index contributed by atoms with van der Waals surface area (Å²) in [4.78, 5) is 25.4. The molecule has 0 amide bonds. The summed E-state index contributed by atoms with van der Waals surface area (Å²) < 4.78 is 30.1. The molecule has 0 saturated carbocycles. The molecule has 118 valence electrons. The van der Waals surface area contributed by atoms with Gasteiger partial charge < -0.3 is 9.84 Å². The first kappa shape index (κ1) is 17.4. The van der Waals surface area contributed by atoms with Crippen LogP contribution in [0, 0.1) is 0 Å². The van der Waals surface area contributed by atoms with Gasteiger partial charge in [0.1, 0.15) is 0 Å². The quantitative estimate of drug-likeness (QED) is 0.641. The standard InChI is InChI=1S/C11H16N2O6S2/c1-19-10(16)5-6-21(17,18)13-11-12-8(7-20-11)3-2-4-9(14)15/h7H,2-6H2,1H3,(H,12,13)(H,14,15). The second-order valence-corrected chi connectivity index (χ2v) is 6.84. The van der Waals surface area contributed by atoms with Crippen molar-refractivity contribution in [3.05, 3.63) is 11.1 Å². The predicted octanol–water partition coefficient (Wildman–Crippen LogP) is 0.855. The maximum absolute atomic E-state index is 11.7. The maximum Gasteiger partial charge on any atom is 0.306 e. The third kappa shape index (κ3) is 7.04. The van der Waals surface area contributed by atoms with E-state index in [1.165, 1.54) is 7.11 Å². The zero-order valence-electron chi connectivity index (χ0n) is 11.4. The minimum Gasteiger partial charge on any atom is -0.481 e. The van der Waals surface area contributed by atoms with Crippen LogP contribution in [0.25, 0.3) is 0 Å². The van der Waals surface area contributed by atoms with E-state index in [2.05, 4.69) is 14.4 Å². The van der Waals surface area contributed by atoms with Crippen LogP contribution in [0.4, 0.5) is 5.13 Å². The molecule has 1 rings (SSSR count). The number of ether oxygens (including phenoxy) is 1. The summed E-state index contributed by atoms with van der Waals surface area (Å²) in [7, 11) is -2.47. The molecule has 0 bridgehead atoms. The van der Waals surface area contributed by atoms with Crippen molar-refractivity contribution in [2.75, 3.05) is 17.6 Å². The Hall–Kier alpha value is -1.68. The Morgan fingerprint density at radius 2 is 2.14 bits per heavy atom. The lowest BCUT2D eigenvalue weighted by Gasteiger charge is -2.03. The van der Waals surface area contributed by atoms with Gasteiger partial charge in [-0.2, -0.15) is 0 Å². The van der Waals surface area contributed by atoms with Gasteiger partial charge >= 0.3 is 11.9 Å². The molecule has 0 unspecified atom stereocenters. The van der Waals surface area contributed by atoms with Crippen LogP contribution in [0.5, 0.6) is 0 Å². The number of hydrogen-bond acceptors (Lipinski definition) is 7. The summed E-state index contributed by atoms with van der Waals surface area (Å²) in [6.07, 6.45) is 0.709. The van der Waals surface area contributed by atoms with Crippen LogP contribution in [0.3, 0.4) is 0 Å². The number of hydrogen-bond donors (Lipinski definition) is 2. The number of anilines is 1. The number of carbonyl (C=O) groups is 2. The smallest absolute Gasteiger partial charge is 0.306 e. The average molecular weight is 336 g/mol. The van der Waals surface area contributed by atoms with Gasteiger partial charge in [-0.05, 0) is 12.8 Å². The van der Waals surface area contributed by atoms with Gasteiger partial charge in [-0.25, -0.2) is 13.4 Å². The summed E-state index contributed by atoms with van der Waals surface area (Å²) in [5.41, 5.74) is 0.631. The monoisotopic (exact) mass is 336 g/mol. The van der Waals surface area contributed by atoms with Crippen LogP contribution >= 0.6 is 11.3 Å². The lowest BCUT2D eigenvalue weighted by Crippen LogP contribution is -2.19. The molecule has 1 heterocycles. The number of nitrogens with zero attached hydrogens (tertiary/aromatic N) is 1. The molecule has 10 heteroatoms. The second kappa shape index (κ2) is 7.93. The second-order valence-electron chi connectivity index (χ2n) is 4.14. The third-order valence-electron chi connectivity index (χ3n) is 2.42. The van der Waals surface area contributed by atoms with Crippen molar-refractivity contribution in [3.63, 3.8) is 0 Å². The fraction of sp³-hybridized carbons (Fsp3) is 0.545. The van der Waals surface area contributed by atoms with E-state index in [1.54, 1.807) is 5.38 Å². The predicted molar refractivity (Wildman–Crippen MR) is 76.7 cm³/mol. The Labute approximate surface area is 126 Å². The van der Waals surface area contributed by atoms with Crippen molar-refractivity contribution >= 4 is 38.4 Å². The fourth-order valence-electron chi connectivity index (χ4n) is 1.39. The Morgan fingerprint density at radius 1 is 1.43 bits per heavy atom. The highest BCUT2D eigenvalue weighted by Crippen LogP contribution is 2.18. The molecule has 1 aromatic heterocycles. The number of aryl methyl sites for hydroxylation is 1. The van der Waals surface area contributed by atoms with E-state index in [-0.39, 0.29) is 23.7 Å². The number of carbonyl (C=O) groups excluding carboxylic acids is 1. The maximum atomic E-state index is 11.7. The third-order valence-corrected chi connectivity index (χ3v) is 4.60. The van der Waals surface area contributed by atoms with Gasteiger partial charge in [-0.15, -0.1) is 11.3 Å². The number of rotatable bonds is 9. The summed E-state index contributed by atoms with van der Waals surface area (Å²) >= 11 is 1.11. The molecule has 0 fully saturated rings. The molecular formula is C11H16N2O6S2. The zero-order valence-corrected chi connectivity index (χ0v) is 13.0. The number of carboxylic acids is 1. The average Bonchev–Trinajstić information content (AvgIpc) is 2.82. The summed E-state index contributed by atoms with van der Waals surface area (Å²) in [6, 6.07) is 0.